The number of benzene rings is 1. The Kier molecular flexibility index (Phi) is 5.00. The van der Waals surface area contributed by atoms with Crippen LogP contribution in [0.2, 0.25) is 0 Å². The van der Waals surface area contributed by atoms with Gasteiger partial charge in [-0.3, -0.25) is 0 Å². The molecule has 0 saturated heterocycles. The van der Waals surface area contributed by atoms with Crippen molar-refractivity contribution in [2.24, 2.45) is 0 Å². The molecule has 1 heterocycles. The van der Waals surface area contributed by atoms with E-state index in [1.165, 1.54) is 10.3 Å². The van der Waals surface area contributed by atoms with Crippen molar-refractivity contribution in [1.82, 2.24) is 4.90 Å². The van der Waals surface area contributed by atoms with Gasteiger partial charge in [-0.25, -0.2) is 8.42 Å². The molecule has 1 aliphatic heterocycles. The van der Waals surface area contributed by atoms with Crippen LogP contribution in [0.4, 0.5) is 0 Å². The van der Waals surface area contributed by atoms with Crippen molar-refractivity contribution in [1.29, 1.82) is 10.5 Å². The van der Waals surface area contributed by atoms with E-state index < -0.39 is 15.9 Å². The number of sulfone groups is 1. The Hall–Kier alpha value is -2.83. The first-order valence-electron chi connectivity index (χ1n) is 6.99. The summed E-state index contributed by atoms with van der Waals surface area (Å²) in [7, 11) is -3.55. The Balaban J connectivity index is 2.39. The van der Waals surface area contributed by atoms with Crippen LogP contribution in [-0.4, -0.2) is 19.4 Å². The van der Waals surface area contributed by atoms with Gasteiger partial charge < -0.3 is 4.90 Å². The highest BCUT2D eigenvalue weighted by Crippen LogP contribution is 2.25. The molecule has 0 unspecified atom stereocenters. The second-order valence-electron chi connectivity index (χ2n) is 4.86. The van der Waals surface area contributed by atoms with E-state index in [9.17, 15) is 8.42 Å². The zero-order valence-corrected chi connectivity index (χ0v) is 13.4. The van der Waals surface area contributed by atoms with Gasteiger partial charge in [-0.2, -0.15) is 10.5 Å². The lowest BCUT2D eigenvalue weighted by Gasteiger charge is -2.23. The van der Waals surface area contributed by atoms with E-state index in [4.69, 9.17) is 10.5 Å². The van der Waals surface area contributed by atoms with E-state index in [0.717, 1.165) is 5.57 Å². The molecular weight excluding hydrogens is 310 g/mol. The van der Waals surface area contributed by atoms with Gasteiger partial charge in [-0.05, 0) is 35.8 Å². The summed E-state index contributed by atoms with van der Waals surface area (Å²) in [4.78, 5) is 1.70. The lowest BCUT2D eigenvalue weighted by Crippen LogP contribution is -2.25. The summed E-state index contributed by atoms with van der Waals surface area (Å²) < 4.78 is 24.9. The summed E-state index contributed by atoms with van der Waals surface area (Å²) in [6, 6.07) is 11.0. The van der Waals surface area contributed by atoms with Crippen LogP contribution >= 0.6 is 0 Å². The average Bonchev–Trinajstić information content (AvgIpc) is 2.57. The molecule has 1 aliphatic rings. The SMILES string of the molecule is CCC1=CN(C(C#N)C#N)C=C/C1=C\S(=O)(=O)c1ccccc1. The molecule has 0 saturated carbocycles. The van der Waals surface area contributed by atoms with Crippen molar-refractivity contribution in [3.05, 3.63) is 65.4 Å². The second kappa shape index (κ2) is 6.95. The first-order valence-corrected chi connectivity index (χ1v) is 8.54. The molecule has 0 radical (unpaired) electrons. The molecule has 116 valence electrons. The molecule has 0 amide bonds. The number of nitriles is 2. The summed E-state index contributed by atoms with van der Waals surface area (Å²) in [6.45, 7) is 1.89. The van der Waals surface area contributed by atoms with Crippen molar-refractivity contribution in [3.8, 4) is 12.1 Å². The van der Waals surface area contributed by atoms with Crippen LogP contribution in [0.5, 0.6) is 0 Å². The molecule has 0 aliphatic carbocycles. The Morgan fingerprint density at radius 2 is 1.87 bits per heavy atom. The maximum atomic E-state index is 12.4. The fourth-order valence-corrected chi connectivity index (χ4v) is 3.39. The third-order valence-electron chi connectivity index (χ3n) is 3.38. The molecule has 0 spiro atoms. The minimum Gasteiger partial charge on any atom is -0.326 e. The molecule has 5 nitrogen and oxygen atoms in total. The molecule has 1 aromatic rings. The Bertz CT molecular complexity index is 839. The van der Waals surface area contributed by atoms with E-state index in [0.29, 0.717) is 12.0 Å². The molecule has 0 aromatic heterocycles. The third-order valence-corrected chi connectivity index (χ3v) is 4.87. The van der Waals surface area contributed by atoms with Crippen LogP contribution in [0.3, 0.4) is 0 Å². The second-order valence-corrected chi connectivity index (χ2v) is 6.66. The minimum atomic E-state index is -3.55. The first kappa shape index (κ1) is 16.5. The quantitative estimate of drug-likeness (QED) is 0.849. The van der Waals surface area contributed by atoms with Crippen LogP contribution in [-0.2, 0) is 9.84 Å². The molecule has 0 atom stereocenters. The van der Waals surface area contributed by atoms with E-state index in [1.54, 1.807) is 48.8 Å². The number of hydrogen-bond acceptors (Lipinski definition) is 5. The average molecular weight is 325 g/mol. The number of rotatable bonds is 4. The molecular formula is C17H15N3O2S. The van der Waals surface area contributed by atoms with Gasteiger partial charge in [0.05, 0.1) is 4.90 Å². The smallest absolute Gasteiger partial charge is 0.208 e. The monoisotopic (exact) mass is 325 g/mol. The maximum Gasteiger partial charge on any atom is 0.208 e. The van der Waals surface area contributed by atoms with E-state index in [-0.39, 0.29) is 4.90 Å². The van der Waals surface area contributed by atoms with Crippen LogP contribution in [0.15, 0.2) is 70.3 Å². The Morgan fingerprint density at radius 1 is 1.22 bits per heavy atom. The normalized spacial score (nSPS) is 16.1. The van der Waals surface area contributed by atoms with E-state index in [2.05, 4.69) is 0 Å². The summed E-state index contributed by atoms with van der Waals surface area (Å²) in [5.41, 5.74) is 1.31. The largest absolute Gasteiger partial charge is 0.326 e. The predicted octanol–water partition coefficient (Wildman–Crippen LogP) is 2.88. The van der Waals surface area contributed by atoms with Gasteiger partial charge in [0.1, 0.15) is 12.1 Å². The molecule has 23 heavy (non-hydrogen) atoms. The van der Waals surface area contributed by atoms with Crippen LogP contribution in [0, 0.1) is 22.7 Å². The van der Waals surface area contributed by atoms with Gasteiger partial charge in [0.2, 0.25) is 6.04 Å². The lowest BCUT2D eigenvalue weighted by molar-refractivity contribution is 0.492. The van der Waals surface area contributed by atoms with Crippen molar-refractivity contribution in [2.45, 2.75) is 24.3 Å². The van der Waals surface area contributed by atoms with Gasteiger partial charge in [0.15, 0.2) is 9.84 Å². The summed E-state index contributed by atoms with van der Waals surface area (Å²) in [5.74, 6) is 0. The van der Waals surface area contributed by atoms with E-state index in [1.807, 2.05) is 19.1 Å². The number of nitrogens with zero attached hydrogens (tertiary/aromatic N) is 3. The van der Waals surface area contributed by atoms with Gasteiger partial charge in [-0.1, -0.05) is 25.1 Å². The van der Waals surface area contributed by atoms with Crippen molar-refractivity contribution < 1.29 is 8.42 Å². The number of allylic oxidation sites excluding steroid dienone is 3. The highest BCUT2D eigenvalue weighted by atomic mass is 32.2. The van der Waals surface area contributed by atoms with Crippen molar-refractivity contribution >= 4 is 9.84 Å². The molecule has 2 rings (SSSR count). The highest BCUT2D eigenvalue weighted by molar-refractivity contribution is 7.94. The fraction of sp³-hybridized carbons (Fsp3) is 0.176. The Morgan fingerprint density at radius 3 is 2.43 bits per heavy atom. The van der Waals surface area contributed by atoms with Crippen LogP contribution in [0.1, 0.15) is 13.3 Å². The predicted molar refractivity (Wildman–Crippen MR) is 86.1 cm³/mol. The zero-order chi connectivity index (χ0) is 16.9. The molecule has 0 bridgehead atoms. The lowest BCUT2D eigenvalue weighted by atomic mass is 10.0. The van der Waals surface area contributed by atoms with E-state index >= 15 is 0 Å². The van der Waals surface area contributed by atoms with Gasteiger partial charge in [-0.15, -0.1) is 0 Å². The Labute approximate surface area is 136 Å². The van der Waals surface area contributed by atoms with Crippen molar-refractivity contribution in [3.63, 3.8) is 0 Å². The highest BCUT2D eigenvalue weighted by Gasteiger charge is 2.19. The molecule has 6 heteroatoms. The number of hydrogen-bond donors (Lipinski definition) is 0. The van der Waals surface area contributed by atoms with Crippen molar-refractivity contribution in [2.75, 3.05) is 0 Å². The van der Waals surface area contributed by atoms with Crippen LogP contribution < -0.4 is 0 Å². The molecule has 0 N–H and O–H groups in total. The van der Waals surface area contributed by atoms with Crippen LogP contribution in [0.25, 0.3) is 0 Å². The summed E-state index contributed by atoms with van der Waals surface area (Å²) >= 11 is 0. The maximum absolute atomic E-state index is 12.4. The van der Waals surface area contributed by atoms with Gasteiger partial charge in [0, 0.05) is 17.8 Å². The molecule has 0 fully saturated rings. The summed E-state index contributed by atoms with van der Waals surface area (Å²) in [5, 5.41) is 19.1. The standard InChI is InChI=1S/C17H15N3O2S/c1-2-14-12-20(16(10-18)11-19)9-8-15(14)13-23(21,22)17-6-4-3-5-7-17/h3-9,12-13,16H,2H2,1H3/b15-13+. The molecule has 1 aromatic carbocycles. The zero-order valence-electron chi connectivity index (χ0n) is 12.5. The fourth-order valence-electron chi connectivity index (χ4n) is 2.15. The topological polar surface area (TPSA) is 85.0 Å². The minimum absolute atomic E-state index is 0.228. The first-order chi connectivity index (χ1) is 11.0. The summed E-state index contributed by atoms with van der Waals surface area (Å²) in [6.07, 6.45) is 5.38. The van der Waals surface area contributed by atoms with Gasteiger partial charge >= 0.3 is 0 Å². The van der Waals surface area contributed by atoms with Gasteiger partial charge in [0.25, 0.3) is 0 Å². The third kappa shape index (κ3) is 3.68.